The van der Waals surface area contributed by atoms with E-state index in [9.17, 15) is 9.59 Å². The standard InChI is InChI=1S/C21H19N5O3S/c1-14-18(6-9-29-14)20(28)25-21-24-17(13-30-21)11-19(27)23-16-5-2-4-15(10-16)12-26-8-3-7-22-26/h2-10,13H,11-12H2,1H3,(H,23,27)(H,24,25,28). The fraction of sp³-hybridized carbons (Fsp3) is 0.143. The number of thiazole rings is 1. The van der Waals surface area contributed by atoms with Gasteiger partial charge in [0.15, 0.2) is 5.13 Å². The van der Waals surface area contributed by atoms with Gasteiger partial charge in [0.05, 0.1) is 30.5 Å². The van der Waals surface area contributed by atoms with Crippen LogP contribution < -0.4 is 10.6 Å². The van der Waals surface area contributed by atoms with Gasteiger partial charge in [-0.2, -0.15) is 5.10 Å². The number of nitrogens with zero attached hydrogens (tertiary/aromatic N) is 3. The van der Waals surface area contributed by atoms with E-state index in [-0.39, 0.29) is 18.2 Å². The van der Waals surface area contributed by atoms with Gasteiger partial charge < -0.3 is 9.73 Å². The monoisotopic (exact) mass is 421 g/mol. The second-order valence-electron chi connectivity index (χ2n) is 6.62. The van der Waals surface area contributed by atoms with E-state index < -0.39 is 0 Å². The van der Waals surface area contributed by atoms with Gasteiger partial charge in [0, 0.05) is 23.5 Å². The smallest absolute Gasteiger partial charge is 0.260 e. The molecule has 0 fully saturated rings. The number of hydrogen-bond donors (Lipinski definition) is 2. The second-order valence-corrected chi connectivity index (χ2v) is 7.48. The van der Waals surface area contributed by atoms with Crippen LogP contribution in [0.4, 0.5) is 10.8 Å². The Bertz CT molecular complexity index is 1160. The predicted octanol–water partition coefficient (Wildman–Crippen LogP) is 3.72. The Morgan fingerprint density at radius 2 is 2.10 bits per heavy atom. The molecule has 152 valence electrons. The summed E-state index contributed by atoms with van der Waals surface area (Å²) >= 11 is 1.27. The first kappa shape index (κ1) is 19.6. The molecule has 8 nitrogen and oxygen atoms in total. The zero-order chi connectivity index (χ0) is 20.9. The van der Waals surface area contributed by atoms with Crippen LogP contribution in [0.1, 0.15) is 27.4 Å². The molecule has 0 aliphatic heterocycles. The van der Waals surface area contributed by atoms with Gasteiger partial charge in [-0.25, -0.2) is 4.98 Å². The summed E-state index contributed by atoms with van der Waals surface area (Å²) in [5.41, 5.74) is 2.79. The maximum absolute atomic E-state index is 12.4. The summed E-state index contributed by atoms with van der Waals surface area (Å²) in [6, 6.07) is 11.1. The zero-order valence-electron chi connectivity index (χ0n) is 16.2. The number of anilines is 2. The Balaban J connectivity index is 1.33. The van der Waals surface area contributed by atoms with Gasteiger partial charge in [0.1, 0.15) is 5.76 Å². The third kappa shape index (κ3) is 4.81. The molecule has 0 atom stereocenters. The molecule has 4 rings (SSSR count). The van der Waals surface area contributed by atoms with Gasteiger partial charge in [0.25, 0.3) is 5.91 Å². The summed E-state index contributed by atoms with van der Waals surface area (Å²) in [7, 11) is 0. The molecule has 2 amide bonds. The number of benzene rings is 1. The topological polar surface area (TPSA) is 102 Å². The molecule has 0 radical (unpaired) electrons. The Morgan fingerprint density at radius 3 is 2.87 bits per heavy atom. The van der Waals surface area contributed by atoms with Crippen LogP contribution in [0.15, 0.2) is 64.9 Å². The number of aromatic nitrogens is 3. The summed E-state index contributed by atoms with van der Waals surface area (Å²) in [6.45, 7) is 2.35. The first-order valence-corrected chi connectivity index (χ1v) is 10.1. The van der Waals surface area contributed by atoms with Gasteiger partial charge >= 0.3 is 0 Å². The van der Waals surface area contributed by atoms with Crippen molar-refractivity contribution < 1.29 is 14.0 Å². The zero-order valence-corrected chi connectivity index (χ0v) is 17.0. The van der Waals surface area contributed by atoms with Crippen LogP contribution in [0.2, 0.25) is 0 Å². The molecule has 0 bridgehead atoms. The minimum Gasteiger partial charge on any atom is -0.469 e. The summed E-state index contributed by atoms with van der Waals surface area (Å²) < 4.78 is 6.96. The number of hydrogen-bond acceptors (Lipinski definition) is 6. The Labute approximate surface area is 176 Å². The van der Waals surface area contributed by atoms with Gasteiger partial charge in [-0.05, 0) is 36.8 Å². The van der Waals surface area contributed by atoms with Crippen LogP contribution in [0.3, 0.4) is 0 Å². The lowest BCUT2D eigenvalue weighted by Crippen LogP contribution is -2.15. The molecule has 3 heterocycles. The quantitative estimate of drug-likeness (QED) is 0.473. The lowest BCUT2D eigenvalue weighted by atomic mass is 10.2. The van der Waals surface area contributed by atoms with Crippen molar-refractivity contribution in [3.05, 3.63) is 83.0 Å². The highest BCUT2D eigenvalue weighted by atomic mass is 32.1. The fourth-order valence-corrected chi connectivity index (χ4v) is 3.63. The second kappa shape index (κ2) is 8.75. The molecule has 0 saturated carbocycles. The van der Waals surface area contributed by atoms with Crippen LogP contribution in [-0.4, -0.2) is 26.6 Å². The third-order valence-electron chi connectivity index (χ3n) is 4.33. The van der Waals surface area contributed by atoms with Crippen molar-refractivity contribution in [1.82, 2.24) is 14.8 Å². The van der Waals surface area contributed by atoms with Gasteiger partial charge in [-0.15, -0.1) is 11.3 Å². The molecule has 0 saturated heterocycles. The number of carbonyl (C=O) groups is 2. The van der Waals surface area contributed by atoms with Crippen molar-refractivity contribution in [2.45, 2.75) is 19.9 Å². The SMILES string of the molecule is Cc1occc1C(=O)Nc1nc(CC(=O)Nc2cccc(Cn3cccn3)c2)cs1. The van der Waals surface area contributed by atoms with E-state index in [1.165, 1.54) is 17.6 Å². The minimum atomic E-state index is -0.291. The van der Waals surface area contributed by atoms with Crippen LogP contribution >= 0.6 is 11.3 Å². The fourth-order valence-electron chi connectivity index (χ4n) is 2.93. The molecule has 2 N–H and O–H groups in total. The first-order valence-electron chi connectivity index (χ1n) is 9.23. The lowest BCUT2D eigenvalue weighted by molar-refractivity contribution is -0.115. The van der Waals surface area contributed by atoms with Crippen molar-refractivity contribution in [3.63, 3.8) is 0 Å². The Kier molecular flexibility index (Phi) is 5.71. The molecule has 1 aromatic carbocycles. The molecule has 9 heteroatoms. The Morgan fingerprint density at radius 1 is 1.20 bits per heavy atom. The molecular formula is C21H19N5O3S. The highest BCUT2D eigenvalue weighted by Crippen LogP contribution is 2.19. The number of carbonyl (C=O) groups excluding carboxylic acids is 2. The van der Waals surface area contributed by atoms with Crippen LogP contribution in [0.25, 0.3) is 0 Å². The maximum atomic E-state index is 12.4. The van der Waals surface area contributed by atoms with Crippen LogP contribution in [0, 0.1) is 6.92 Å². The number of nitrogens with one attached hydrogen (secondary N) is 2. The number of rotatable bonds is 7. The Hall–Kier alpha value is -3.72. The van der Waals surface area contributed by atoms with Crippen molar-refractivity contribution in [2.24, 2.45) is 0 Å². The van der Waals surface area contributed by atoms with Crippen molar-refractivity contribution in [3.8, 4) is 0 Å². The summed E-state index contributed by atoms with van der Waals surface area (Å²) in [5, 5.41) is 12.0. The normalized spacial score (nSPS) is 10.7. The van der Waals surface area contributed by atoms with E-state index in [1.54, 1.807) is 24.6 Å². The third-order valence-corrected chi connectivity index (χ3v) is 5.14. The lowest BCUT2D eigenvalue weighted by Gasteiger charge is -2.07. The molecule has 0 aliphatic rings. The molecule has 4 aromatic rings. The number of amides is 2. The molecule has 0 aliphatic carbocycles. The van der Waals surface area contributed by atoms with Crippen molar-refractivity contribution in [1.29, 1.82) is 0 Å². The van der Waals surface area contributed by atoms with Gasteiger partial charge in [-0.3, -0.25) is 19.6 Å². The summed E-state index contributed by atoms with van der Waals surface area (Å²) in [6.07, 6.45) is 5.19. The van der Waals surface area contributed by atoms with E-state index >= 15 is 0 Å². The highest BCUT2D eigenvalue weighted by Gasteiger charge is 2.14. The van der Waals surface area contributed by atoms with Crippen LogP contribution in [0.5, 0.6) is 0 Å². The molecule has 30 heavy (non-hydrogen) atoms. The molecule has 0 spiro atoms. The average Bonchev–Trinajstić information content (AvgIpc) is 3.45. The largest absolute Gasteiger partial charge is 0.469 e. The summed E-state index contributed by atoms with van der Waals surface area (Å²) in [4.78, 5) is 29.0. The first-order chi connectivity index (χ1) is 14.6. The summed E-state index contributed by atoms with van der Waals surface area (Å²) in [5.74, 6) is 0.0686. The highest BCUT2D eigenvalue weighted by molar-refractivity contribution is 7.14. The van der Waals surface area contributed by atoms with Gasteiger partial charge in [-0.1, -0.05) is 12.1 Å². The maximum Gasteiger partial charge on any atom is 0.260 e. The molecular weight excluding hydrogens is 402 g/mol. The van der Waals surface area contributed by atoms with Crippen LogP contribution in [-0.2, 0) is 17.8 Å². The minimum absolute atomic E-state index is 0.112. The van der Waals surface area contributed by atoms with E-state index in [4.69, 9.17) is 4.42 Å². The molecule has 0 unspecified atom stereocenters. The number of aryl methyl sites for hydroxylation is 1. The van der Waals surface area contributed by atoms with E-state index in [2.05, 4.69) is 20.7 Å². The van der Waals surface area contributed by atoms with E-state index in [0.29, 0.717) is 34.4 Å². The van der Waals surface area contributed by atoms with E-state index in [0.717, 1.165) is 5.56 Å². The van der Waals surface area contributed by atoms with E-state index in [1.807, 2.05) is 41.2 Å². The predicted molar refractivity (Wildman–Crippen MR) is 114 cm³/mol. The van der Waals surface area contributed by atoms with Crippen molar-refractivity contribution >= 4 is 34.0 Å². The molecule has 3 aromatic heterocycles. The average molecular weight is 421 g/mol. The van der Waals surface area contributed by atoms with Crippen molar-refractivity contribution in [2.75, 3.05) is 10.6 Å². The van der Waals surface area contributed by atoms with Gasteiger partial charge in [0.2, 0.25) is 5.91 Å². The number of furan rings is 1.